The molecule has 1 aliphatic rings. The van der Waals surface area contributed by atoms with Gasteiger partial charge in [0.05, 0.1) is 7.11 Å². The summed E-state index contributed by atoms with van der Waals surface area (Å²) in [5.41, 5.74) is 2.61. The van der Waals surface area contributed by atoms with Crippen molar-refractivity contribution in [1.29, 1.82) is 0 Å². The van der Waals surface area contributed by atoms with Crippen molar-refractivity contribution in [1.82, 2.24) is 10.3 Å². The maximum atomic E-state index is 5.35. The van der Waals surface area contributed by atoms with Crippen molar-refractivity contribution < 1.29 is 4.74 Å². The minimum Gasteiger partial charge on any atom is -0.481 e. The molecule has 0 saturated carbocycles. The van der Waals surface area contributed by atoms with Gasteiger partial charge >= 0.3 is 0 Å². The van der Waals surface area contributed by atoms with Crippen LogP contribution >= 0.6 is 0 Å². The number of pyridine rings is 1. The lowest BCUT2D eigenvalue weighted by Gasteiger charge is -2.25. The molecule has 1 aromatic heterocycles. The van der Waals surface area contributed by atoms with E-state index in [0.717, 1.165) is 19.0 Å². The van der Waals surface area contributed by atoms with Gasteiger partial charge in [-0.15, -0.1) is 0 Å². The van der Waals surface area contributed by atoms with E-state index < -0.39 is 0 Å². The summed E-state index contributed by atoms with van der Waals surface area (Å²) in [6.07, 6.45) is 4.19. The molecular formula is C12H18N2O. The van der Waals surface area contributed by atoms with E-state index in [2.05, 4.69) is 23.3 Å². The molecule has 1 N–H and O–H groups in total. The first kappa shape index (κ1) is 10.4. The highest BCUT2D eigenvalue weighted by atomic mass is 16.5. The Morgan fingerprint density at radius 2 is 2.13 bits per heavy atom. The lowest BCUT2D eigenvalue weighted by atomic mass is 9.88. The molecule has 2 heterocycles. The van der Waals surface area contributed by atoms with Crippen LogP contribution < -0.4 is 10.1 Å². The molecular weight excluding hydrogens is 188 g/mol. The minimum absolute atomic E-state index is 0.606. The Morgan fingerprint density at radius 3 is 2.80 bits per heavy atom. The summed E-state index contributed by atoms with van der Waals surface area (Å²) >= 11 is 0. The zero-order valence-electron chi connectivity index (χ0n) is 9.42. The Morgan fingerprint density at radius 1 is 1.40 bits per heavy atom. The topological polar surface area (TPSA) is 34.1 Å². The molecule has 15 heavy (non-hydrogen) atoms. The highest BCUT2D eigenvalue weighted by Crippen LogP contribution is 2.33. The van der Waals surface area contributed by atoms with E-state index in [4.69, 9.17) is 4.74 Å². The molecule has 3 nitrogen and oxygen atoms in total. The number of ether oxygens (including phenoxy) is 1. The second kappa shape index (κ2) is 4.62. The van der Waals surface area contributed by atoms with Crippen LogP contribution in [0.1, 0.15) is 29.9 Å². The first-order chi connectivity index (χ1) is 7.33. The standard InChI is InChI=1S/C12H18N2O/c1-9-3-8-14-12(15-2)11(9)10-4-6-13-7-5-10/h3,8,10,13H,4-7H2,1-2H3. The van der Waals surface area contributed by atoms with Crippen LogP contribution in [0.4, 0.5) is 0 Å². The van der Waals surface area contributed by atoms with Gasteiger partial charge in [0.1, 0.15) is 0 Å². The summed E-state index contributed by atoms with van der Waals surface area (Å²) in [5, 5.41) is 3.38. The summed E-state index contributed by atoms with van der Waals surface area (Å²) in [6, 6.07) is 2.07. The Balaban J connectivity index is 2.31. The van der Waals surface area contributed by atoms with Crippen LogP contribution in [0, 0.1) is 6.92 Å². The molecule has 0 bridgehead atoms. The molecule has 0 radical (unpaired) electrons. The van der Waals surface area contributed by atoms with Crippen LogP contribution in [-0.2, 0) is 0 Å². The van der Waals surface area contributed by atoms with Gasteiger partial charge in [-0.3, -0.25) is 0 Å². The number of nitrogens with one attached hydrogen (secondary N) is 1. The number of rotatable bonds is 2. The normalized spacial score (nSPS) is 17.7. The number of piperidine rings is 1. The Bertz CT molecular complexity index is 332. The predicted molar refractivity (Wildman–Crippen MR) is 60.4 cm³/mol. The smallest absolute Gasteiger partial charge is 0.216 e. The number of nitrogens with zero attached hydrogens (tertiary/aromatic N) is 1. The van der Waals surface area contributed by atoms with E-state index in [0.29, 0.717) is 5.92 Å². The molecule has 3 heteroatoms. The summed E-state index contributed by atoms with van der Waals surface area (Å²) in [5.74, 6) is 1.41. The molecule has 1 aliphatic heterocycles. The molecule has 0 atom stereocenters. The first-order valence-electron chi connectivity index (χ1n) is 5.53. The highest BCUT2D eigenvalue weighted by molar-refractivity contribution is 5.37. The summed E-state index contributed by atoms with van der Waals surface area (Å²) < 4.78 is 5.35. The Hall–Kier alpha value is -1.09. The van der Waals surface area contributed by atoms with Crippen LogP contribution in [0.3, 0.4) is 0 Å². The highest BCUT2D eigenvalue weighted by Gasteiger charge is 2.21. The number of methoxy groups -OCH3 is 1. The average Bonchev–Trinajstić information content (AvgIpc) is 2.29. The van der Waals surface area contributed by atoms with E-state index in [1.807, 2.05) is 6.20 Å². The van der Waals surface area contributed by atoms with Crippen molar-refractivity contribution in [3.05, 3.63) is 23.4 Å². The molecule has 1 aromatic rings. The third kappa shape index (κ3) is 2.12. The van der Waals surface area contributed by atoms with E-state index in [9.17, 15) is 0 Å². The molecule has 1 fully saturated rings. The molecule has 0 aromatic carbocycles. The maximum absolute atomic E-state index is 5.35. The molecule has 0 amide bonds. The van der Waals surface area contributed by atoms with Gasteiger partial charge < -0.3 is 10.1 Å². The van der Waals surface area contributed by atoms with Crippen molar-refractivity contribution in [3.8, 4) is 5.88 Å². The largest absolute Gasteiger partial charge is 0.481 e. The Kier molecular flexibility index (Phi) is 3.21. The first-order valence-corrected chi connectivity index (χ1v) is 5.53. The van der Waals surface area contributed by atoms with Crippen LogP contribution in [0.25, 0.3) is 0 Å². The number of hydrogen-bond donors (Lipinski definition) is 1. The van der Waals surface area contributed by atoms with Gasteiger partial charge in [0.2, 0.25) is 5.88 Å². The second-order valence-corrected chi connectivity index (χ2v) is 4.08. The third-order valence-electron chi connectivity index (χ3n) is 3.11. The van der Waals surface area contributed by atoms with Crippen molar-refractivity contribution in [2.45, 2.75) is 25.7 Å². The molecule has 82 valence electrons. The van der Waals surface area contributed by atoms with E-state index >= 15 is 0 Å². The van der Waals surface area contributed by atoms with Gasteiger partial charge in [0.25, 0.3) is 0 Å². The third-order valence-corrected chi connectivity index (χ3v) is 3.11. The summed E-state index contributed by atoms with van der Waals surface area (Å²) in [7, 11) is 1.70. The molecule has 0 spiro atoms. The lowest BCUT2D eigenvalue weighted by molar-refractivity contribution is 0.376. The fourth-order valence-corrected chi connectivity index (χ4v) is 2.31. The molecule has 2 rings (SSSR count). The van der Waals surface area contributed by atoms with Crippen molar-refractivity contribution in [2.75, 3.05) is 20.2 Å². The van der Waals surface area contributed by atoms with Gasteiger partial charge in [0.15, 0.2) is 0 Å². The number of aromatic nitrogens is 1. The monoisotopic (exact) mass is 206 g/mol. The van der Waals surface area contributed by atoms with E-state index in [1.54, 1.807) is 7.11 Å². The van der Waals surface area contributed by atoms with Crippen molar-refractivity contribution in [3.63, 3.8) is 0 Å². The van der Waals surface area contributed by atoms with Gasteiger partial charge in [-0.25, -0.2) is 4.98 Å². The quantitative estimate of drug-likeness (QED) is 0.802. The average molecular weight is 206 g/mol. The zero-order valence-corrected chi connectivity index (χ0v) is 9.42. The van der Waals surface area contributed by atoms with Crippen LogP contribution in [-0.4, -0.2) is 25.2 Å². The predicted octanol–water partition coefficient (Wildman–Crippen LogP) is 1.87. The van der Waals surface area contributed by atoms with Gasteiger partial charge in [-0.1, -0.05) is 0 Å². The van der Waals surface area contributed by atoms with Gasteiger partial charge in [-0.2, -0.15) is 0 Å². The summed E-state index contributed by atoms with van der Waals surface area (Å²) in [6.45, 7) is 4.34. The van der Waals surface area contributed by atoms with Crippen molar-refractivity contribution in [2.24, 2.45) is 0 Å². The van der Waals surface area contributed by atoms with Gasteiger partial charge in [-0.05, 0) is 50.4 Å². The fraction of sp³-hybridized carbons (Fsp3) is 0.583. The van der Waals surface area contributed by atoms with Crippen LogP contribution in [0.2, 0.25) is 0 Å². The minimum atomic E-state index is 0.606. The van der Waals surface area contributed by atoms with Gasteiger partial charge in [0, 0.05) is 11.8 Å². The summed E-state index contributed by atoms with van der Waals surface area (Å²) in [4.78, 5) is 4.29. The Labute approximate surface area is 90.9 Å². The van der Waals surface area contributed by atoms with Crippen LogP contribution in [0.5, 0.6) is 5.88 Å². The molecule has 1 saturated heterocycles. The van der Waals surface area contributed by atoms with E-state index in [-0.39, 0.29) is 0 Å². The van der Waals surface area contributed by atoms with Crippen molar-refractivity contribution >= 4 is 0 Å². The molecule has 0 aliphatic carbocycles. The zero-order chi connectivity index (χ0) is 10.7. The van der Waals surface area contributed by atoms with E-state index in [1.165, 1.54) is 24.0 Å². The van der Waals surface area contributed by atoms with Crippen LogP contribution in [0.15, 0.2) is 12.3 Å². The molecule has 0 unspecified atom stereocenters. The fourth-order valence-electron chi connectivity index (χ4n) is 2.31. The SMILES string of the molecule is COc1nccc(C)c1C1CCNCC1. The second-order valence-electron chi connectivity index (χ2n) is 4.08. The lowest BCUT2D eigenvalue weighted by Crippen LogP contribution is -2.27. The number of hydrogen-bond acceptors (Lipinski definition) is 3. The number of aryl methyl sites for hydroxylation is 1. The maximum Gasteiger partial charge on any atom is 0.216 e.